The summed E-state index contributed by atoms with van der Waals surface area (Å²) in [6, 6.07) is 21.3. The van der Waals surface area contributed by atoms with Crippen LogP contribution in [0.15, 0.2) is 66.7 Å². The minimum absolute atomic E-state index is 0.0744. The zero-order valence-corrected chi connectivity index (χ0v) is 36.4. The lowest BCUT2D eigenvalue weighted by atomic mass is 9.57. The van der Waals surface area contributed by atoms with Crippen molar-refractivity contribution in [3.8, 4) is 17.2 Å². The number of halogens is 1. The summed E-state index contributed by atoms with van der Waals surface area (Å²) in [5.41, 5.74) is 8.90. The molecule has 4 fully saturated rings. The number of nitrogens with zero attached hydrogens (tertiary/aromatic N) is 3. The number of nitrogens with one attached hydrogen (secondary N) is 1. The Morgan fingerprint density at radius 2 is 1.68 bits per heavy atom. The predicted octanol–water partition coefficient (Wildman–Crippen LogP) is 7.89. The number of rotatable bonds is 7. The summed E-state index contributed by atoms with van der Waals surface area (Å²) < 4.78 is 29.1. The van der Waals surface area contributed by atoms with Crippen molar-refractivity contribution in [2.75, 3.05) is 51.3 Å². The molecule has 3 saturated heterocycles. The second-order valence-corrected chi connectivity index (χ2v) is 19.9. The van der Waals surface area contributed by atoms with Gasteiger partial charge in [-0.2, -0.15) is 0 Å². The first-order valence-corrected chi connectivity index (χ1v) is 23.2. The molecule has 10 nitrogen and oxygen atoms in total. The summed E-state index contributed by atoms with van der Waals surface area (Å²) in [6.07, 6.45) is 8.92. The van der Waals surface area contributed by atoms with E-state index in [0.717, 1.165) is 105 Å². The maximum atomic E-state index is 16.5. The van der Waals surface area contributed by atoms with E-state index in [4.69, 9.17) is 9.47 Å². The predicted molar refractivity (Wildman–Crippen MR) is 237 cm³/mol. The molecular weight excluding hydrogens is 796 g/mol. The van der Waals surface area contributed by atoms with Gasteiger partial charge in [-0.05, 0) is 136 Å². The Morgan fingerprint density at radius 1 is 0.905 bits per heavy atom. The molecule has 63 heavy (non-hydrogen) atoms. The molecule has 2 N–H and O–H groups in total. The number of phenolic OH excluding ortho intramolecular Hbond substituents is 1. The van der Waals surface area contributed by atoms with Crippen LogP contribution in [0.5, 0.6) is 17.2 Å². The Balaban J connectivity index is 0.719. The van der Waals surface area contributed by atoms with Crippen LogP contribution in [0.25, 0.3) is 0 Å². The lowest BCUT2D eigenvalue weighted by Gasteiger charge is -2.54. The fraction of sp³-hybridized carbons (Fsp3) is 0.481. The number of fused-ring (bicyclic) bond motifs is 5. The van der Waals surface area contributed by atoms with E-state index in [9.17, 15) is 19.5 Å². The number of benzene rings is 4. The number of aryl methyl sites for hydroxylation is 2. The normalized spacial score (nSPS) is 25.1. The zero-order valence-electron chi connectivity index (χ0n) is 36.4. The van der Waals surface area contributed by atoms with Crippen LogP contribution in [0.3, 0.4) is 0 Å². The van der Waals surface area contributed by atoms with Gasteiger partial charge in [0.2, 0.25) is 11.8 Å². The minimum atomic E-state index is -0.641. The Bertz CT molecular complexity index is 2500. The second-order valence-electron chi connectivity index (χ2n) is 19.9. The van der Waals surface area contributed by atoms with E-state index in [-0.39, 0.29) is 47.1 Å². The fourth-order valence-electron chi connectivity index (χ4n) is 13.1. The molecule has 2 aliphatic carbocycles. The van der Waals surface area contributed by atoms with Gasteiger partial charge in [-0.1, -0.05) is 42.5 Å². The Hall–Kier alpha value is -5.42. The number of methoxy groups -OCH3 is 1. The molecule has 5 heterocycles. The molecule has 4 aromatic rings. The highest BCUT2D eigenvalue weighted by molar-refractivity contribution is 6.06. The number of amides is 3. The van der Waals surface area contributed by atoms with Crippen molar-refractivity contribution in [2.45, 2.75) is 101 Å². The van der Waals surface area contributed by atoms with Gasteiger partial charge in [-0.3, -0.25) is 19.7 Å². The van der Waals surface area contributed by atoms with Gasteiger partial charge in [0.15, 0.2) is 0 Å². The molecule has 3 amide bonds. The van der Waals surface area contributed by atoms with Crippen LogP contribution in [0, 0.1) is 24.1 Å². The first-order valence-electron chi connectivity index (χ1n) is 23.2. The number of carbonyl (C=O) groups is 3. The Kier molecular flexibility index (Phi) is 9.86. The first kappa shape index (κ1) is 40.4. The van der Waals surface area contributed by atoms with Crippen molar-refractivity contribution in [1.29, 1.82) is 0 Å². The van der Waals surface area contributed by atoms with Crippen molar-refractivity contribution in [1.82, 2.24) is 15.1 Å². The van der Waals surface area contributed by atoms with Gasteiger partial charge in [0.25, 0.3) is 5.91 Å². The molecule has 0 bridgehead atoms. The summed E-state index contributed by atoms with van der Waals surface area (Å²) in [4.78, 5) is 44.6. The van der Waals surface area contributed by atoms with Gasteiger partial charge in [0.05, 0.1) is 31.5 Å². The highest BCUT2D eigenvalue weighted by atomic mass is 19.1. The molecule has 5 aliphatic heterocycles. The smallest absolute Gasteiger partial charge is 0.255 e. The van der Waals surface area contributed by atoms with Crippen LogP contribution in [-0.2, 0) is 28.0 Å². The molecule has 3 atom stereocenters. The number of imide groups is 1. The number of piperidine rings is 3. The lowest BCUT2D eigenvalue weighted by Crippen LogP contribution is -2.52. The Labute approximate surface area is 368 Å². The second kappa shape index (κ2) is 15.4. The summed E-state index contributed by atoms with van der Waals surface area (Å²) in [7, 11) is 1.69. The third-order valence-electron chi connectivity index (χ3n) is 16.4. The van der Waals surface area contributed by atoms with E-state index in [0.29, 0.717) is 47.9 Å². The van der Waals surface area contributed by atoms with Crippen molar-refractivity contribution in [3.05, 3.63) is 117 Å². The van der Waals surface area contributed by atoms with Crippen LogP contribution in [0.4, 0.5) is 10.1 Å². The van der Waals surface area contributed by atoms with Gasteiger partial charge in [-0.15, -0.1) is 0 Å². The van der Waals surface area contributed by atoms with Crippen molar-refractivity contribution >= 4 is 23.4 Å². The quantitative estimate of drug-likeness (QED) is 0.181. The third-order valence-corrected chi connectivity index (χ3v) is 16.4. The average Bonchev–Trinajstić information content (AvgIpc) is 3.81. The third kappa shape index (κ3) is 6.79. The number of phenols is 1. The van der Waals surface area contributed by atoms with Crippen molar-refractivity contribution in [2.24, 2.45) is 11.3 Å². The van der Waals surface area contributed by atoms with E-state index in [2.05, 4.69) is 45.4 Å². The van der Waals surface area contributed by atoms with E-state index < -0.39 is 11.9 Å². The molecule has 7 aliphatic rings. The number of carbonyl (C=O) groups excluding carboxylic acids is 3. The molecule has 1 saturated carbocycles. The minimum Gasteiger partial charge on any atom is -0.508 e. The highest BCUT2D eigenvalue weighted by Crippen LogP contribution is 2.56. The summed E-state index contributed by atoms with van der Waals surface area (Å²) in [5.74, 6) is 1.50. The topological polar surface area (TPSA) is 112 Å². The Morgan fingerprint density at radius 3 is 2.43 bits per heavy atom. The average molecular weight is 853 g/mol. The van der Waals surface area contributed by atoms with Crippen LogP contribution < -0.4 is 19.7 Å². The lowest BCUT2D eigenvalue weighted by molar-refractivity contribution is -0.136. The maximum absolute atomic E-state index is 16.5. The van der Waals surface area contributed by atoms with E-state index >= 15 is 4.39 Å². The molecule has 11 heteroatoms. The van der Waals surface area contributed by atoms with Crippen molar-refractivity contribution in [3.63, 3.8) is 0 Å². The number of likely N-dealkylation sites (tertiary alicyclic amines) is 1. The van der Waals surface area contributed by atoms with Crippen LogP contribution in [0.2, 0.25) is 0 Å². The standard InChI is InChI=1S/C52H57FN4O6/c1-31-22-40-48(39-29-57(50(61)46(31)39)42-12-13-45(59)54-49(42)60)63-30-52(40)16-18-55(19-17-52)28-32-26-51(27-32)14-20-56(21-15-51)43-25-44(62-2)38(24-41(43)53)47-36(33-6-4-3-5-7-33)10-8-34-23-35(58)9-11-37(34)47/h3-7,9,11,22-25,32,36,42,47,58H,8,10,12-21,26-30H2,1-2H3,(H,54,59,60)/t36-,42+,47+/m1/s1. The van der Waals surface area contributed by atoms with Gasteiger partial charge in [0.1, 0.15) is 29.1 Å². The molecule has 4 aromatic carbocycles. The summed E-state index contributed by atoms with van der Waals surface area (Å²) >= 11 is 0. The van der Waals surface area contributed by atoms with Gasteiger partial charge in [0, 0.05) is 60.1 Å². The number of aromatic hydroxyl groups is 1. The van der Waals surface area contributed by atoms with Crippen LogP contribution in [0.1, 0.15) is 119 Å². The SMILES string of the molecule is COc1cc(N2CCC3(CC2)CC(CN2CCC4(CC2)COc2c4cc(C)c4c2CN([C@H]2CCC(=O)NC2=O)C4=O)C3)c(F)cc1[C@@H]1c2ccc(O)cc2CC[C@@H]1c1ccccc1. The largest absolute Gasteiger partial charge is 0.508 e. The molecule has 0 aromatic heterocycles. The fourth-order valence-corrected chi connectivity index (χ4v) is 13.1. The molecule has 328 valence electrons. The number of hydrogen-bond donors (Lipinski definition) is 2. The van der Waals surface area contributed by atoms with Gasteiger partial charge < -0.3 is 29.3 Å². The highest BCUT2D eigenvalue weighted by Gasteiger charge is 2.50. The molecule has 0 radical (unpaired) electrons. The van der Waals surface area contributed by atoms with E-state index in [1.807, 2.05) is 31.2 Å². The summed E-state index contributed by atoms with van der Waals surface area (Å²) in [5, 5.41) is 12.7. The number of ether oxygens (including phenoxy) is 2. The monoisotopic (exact) mass is 852 g/mol. The zero-order chi connectivity index (χ0) is 43.2. The van der Waals surface area contributed by atoms with E-state index in [1.165, 1.54) is 24.0 Å². The molecule has 2 spiro atoms. The maximum Gasteiger partial charge on any atom is 0.255 e. The molecule has 0 unspecified atom stereocenters. The van der Waals surface area contributed by atoms with Gasteiger partial charge in [-0.25, -0.2) is 4.39 Å². The van der Waals surface area contributed by atoms with Gasteiger partial charge >= 0.3 is 0 Å². The van der Waals surface area contributed by atoms with Crippen molar-refractivity contribution < 1.29 is 33.4 Å². The van der Waals surface area contributed by atoms with Crippen LogP contribution >= 0.6 is 0 Å². The van der Waals surface area contributed by atoms with E-state index in [1.54, 1.807) is 24.1 Å². The molecular formula is C52H57FN4O6. The number of hydrogen-bond acceptors (Lipinski definition) is 8. The molecule has 11 rings (SSSR count). The first-order chi connectivity index (χ1) is 30.5. The van der Waals surface area contributed by atoms with Crippen LogP contribution in [-0.4, -0.2) is 85.1 Å². The number of anilines is 1. The summed E-state index contributed by atoms with van der Waals surface area (Å²) in [6.45, 7) is 7.73.